The van der Waals surface area contributed by atoms with Crippen LogP contribution in [-0.4, -0.2) is 15.7 Å². The molecule has 2 nitrogen and oxygen atoms in total. The summed E-state index contributed by atoms with van der Waals surface area (Å²) in [4.78, 5) is 3.69. The minimum Gasteiger partial charge on any atom is -0.390 e. The molecule has 4 aliphatic carbocycles. The van der Waals surface area contributed by atoms with Crippen molar-refractivity contribution in [3.8, 4) is 0 Å². The Morgan fingerprint density at radius 3 is 2.45 bits per heavy atom. The van der Waals surface area contributed by atoms with Gasteiger partial charge in [-0.15, -0.1) is 0 Å². The Morgan fingerprint density at radius 2 is 1.76 bits per heavy atom. The van der Waals surface area contributed by atoms with Crippen molar-refractivity contribution in [3.63, 3.8) is 0 Å². The zero-order valence-electron chi connectivity index (χ0n) is 20.4. The van der Waals surface area contributed by atoms with E-state index >= 15 is 0 Å². The van der Waals surface area contributed by atoms with Crippen LogP contribution >= 0.6 is 0 Å². The molecule has 0 saturated heterocycles. The average Bonchev–Trinajstić information content (AvgIpc) is 3.10. The lowest BCUT2D eigenvalue weighted by molar-refractivity contribution is -0.141. The fourth-order valence-corrected chi connectivity index (χ4v) is 9.28. The molecule has 1 aromatic heterocycles. The number of aromatic nitrogens is 1. The van der Waals surface area contributed by atoms with Crippen molar-refractivity contribution < 1.29 is 18.3 Å². The number of fused-ring (bicyclic) bond motifs is 5. The Morgan fingerprint density at radius 1 is 1.00 bits per heavy atom. The minimum absolute atomic E-state index is 0.354. The first kappa shape index (κ1) is 23.6. The fourth-order valence-electron chi connectivity index (χ4n) is 9.28. The highest BCUT2D eigenvalue weighted by Gasteiger charge is 2.58. The van der Waals surface area contributed by atoms with Crippen LogP contribution in [0.2, 0.25) is 0 Å². The highest BCUT2D eigenvalue weighted by molar-refractivity contribution is 5.17. The number of pyridine rings is 1. The van der Waals surface area contributed by atoms with E-state index in [-0.39, 0.29) is 0 Å². The van der Waals surface area contributed by atoms with E-state index < -0.39 is 17.5 Å². The highest BCUT2D eigenvalue weighted by atomic mass is 19.4. The summed E-state index contributed by atoms with van der Waals surface area (Å²) >= 11 is 0. The molecule has 4 fully saturated rings. The van der Waals surface area contributed by atoms with Crippen LogP contribution in [0.4, 0.5) is 13.2 Å². The number of hydrogen-bond acceptors (Lipinski definition) is 2. The van der Waals surface area contributed by atoms with Gasteiger partial charge in [-0.25, -0.2) is 0 Å². The molecule has 4 saturated carbocycles. The van der Waals surface area contributed by atoms with Gasteiger partial charge in [-0.1, -0.05) is 19.9 Å². The van der Waals surface area contributed by atoms with Gasteiger partial charge in [0.2, 0.25) is 0 Å². The maximum Gasteiger partial charge on any atom is 0.433 e. The SMILES string of the molecule is C[C@H](Cc1ccc(C(F)(F)F)nc1)[C@H]1CC[C@H]2[C@@H]3CC[C@@H]4C[C@](C)(O)CC[C@@H]4[C@H]3CC[C@]12C. The Labute approximate surface area is 196 Å². The van der Waals surface area contributed by atoms with Crippen molar-refractivity contribution >= 4 is 0 Å². The molecule has 0 amide bonds. The summed E-state index contributed by atoms with van der Waals surface area (Å²) in [6.45, 7) is 6.87. The van der Waals surface area contributed by atoms with Crippen molar-refractivity contribution in [2.45, 2.75) is 96.8 Å². The number of rotatable bonds is 3. The first-order valence-electron chi connectivity index (χ1n) is 13.2. The van der Waals surface area contributed by atoms with Crippen molar-refractivity contribution in [2.75, 3.05) is 0 Å². The molecule has 0 spiro atoms. The smallest absolute Gasteiger partial charge is 0.390 e. The highest BCUT2D eigenvalue weighted by Crippen LogP contribution is 2.65. The molecule has 1 N–H and O–H groups in total. The number of aliphatic hydroxyl groups is 1. The number of hydrogen-bond donors (Lipinski definition) is 1. The Kier molecular flexibility index (Phi) is 5.90. The molecule has 9 atom stereocenters. The van der Waals surface area contributed by atoms with Gasteiger partial charge < -0.3 is 5.11 Å². The van der Waals surface area contributed by atoms with Crippen molar-refractivity contribution in [1.29, 1.82) is 0 Å². The van der Waals surface area contributed by atoms with Crippen LogP contribution in [0.5, 0.6) is 0 Å². The molecule has 5 heteroatoms. The van der Waals surface area contributed by atoms with E-state index in [0.29, 0.717) is 23.2 Å². The first-order valence-corrected chi connectivity index (χ1v) is 13.2. The molecule has 1 heterocycles. The maximum absolute atomic E-state index is 12.9. The lowest BCUT2D eigenvalue weighted by atomic mass is 9.48. The van der Waals surface area contributed by atoms with Crippen molar-refractivity contribution in [2.24, 2.45) is 46.8 Å². The number of halogens is 3. The predicted molar refractivity (Wildman–Crippen MR) is 123 cm³/mol. The van der Waals surface area contributed by atoms with E-state index in [1.54, 1.807) is 6.07 Å². The summed E-state index contributed by atoms with van der Waals surface area (Å²) in [6, 6.07) is 2.75. The third-order valence-corrected chi connectivity index (χ3v) is 10.7. The van der Waals surface area contributed by atoms with Crippen LogP contribution in [0.15, 0.2) is 18.3 Å². The molecule has 0 aromatic carbocycles. The van der Waals surface area contributed by atoms with Crippen LogP contribution in [0.3, 0.4) is 0 Å². The molecular formula is C28H40F3NO. The molecule has 4 aliphatic rings. The Balaban J connectivity index is 1.27. The Bertz CT molecular complexity index is 850. The summed E-state index contributed by atoms with van der Waals surface area (Å²) in [5, 5.41) is 10.6. The third-order valence-electron chi connectivity index (χ3n) is 10.7. The third kappa shape index (κ3) is 4.25. The summed E-state index contributed by atoms with van der Waals surface area (Å²) in [7, 11) is 0. The van der Waals surface area contributed by atoms with Gasteiger partial charge >= 0.3 is 6.18 Å². The number of nitrogens with zero attached hydrogens (tertiary/aromatic N) is 1. The molecule has 5 rings (SSSR count). The second kappa shape index (κ2) is 8.24. The number of alkyl halides is 3. The summed E-state index contributed by atoms with van der Waals surface area (Å²) in [6.07, 6.45) is 8.81. The van der Waals surface area contributed by atoms with Crippen LogP contribution < -0.4 is 0 Å². The normalized spacial score (nSPS) is 44.0. The van der Waals surface area contributed by atoms with Crippen LogP contribution in [0.1, 0.15) is 89.8 Å². The molecule has 184 valence electrons. The lowest BCUT2D eigenvalue weighted by Gasteiger charge is -2.57. The summed E-state index contributed by atoms with van der Waals surface area (Å²) in [5.74, 6) is 5.07. The second-order valence-electron chi connectivity index (χ2n) is 12.6. The van der Waals surface area contributed by atoms with Crippen molar-refractivity contribution in [1.82, 2.24) is 4.98 Å². The van der Waals surface area contributed by atoms with Gasteiger partial charge in [0.15, 0.2) is 0 Å². The molecule has 0 bridgehead atoms. The van der Waals surface area contributed by atoms with E-state index in [9.17, 15) is 18.3 Å². The monoisotopic (exact) mass is 463 g/mol. The minimum atomic E-state index is -4.37. The van der Waals surface area contributed by atoms with E-state index in [2.05, 4.69) is 18.8 Å². The van der Waals surface area contributed by atoms with Crippen molar-refractivity contribution in [3.05, 3.63) is 29.6 Å². The van der Waals surface area contributed by atoms with Gasteiger partial charge in [-0.2, -0.15) is 13.2 Å². The molecule has 0 radical (unpaired) electrons. The van der Waals surface area contributed by atoms with E-state index in [1.807, 2.05) is 6.92 Å². The molecule has 1 aromatic rings. The van der Waals surface area contributed by atoms with Crippen LogP contribution in [0, 0.1) is 46.8 Å². The standard InChI is InChI=1S/C28H40F3NO/c1-17(14-18-4-9-25(32-16-18)28(29,30)31)23-7-8-24-22-6-5-19-15-26(2,33)12-10-20(19)21(22)11-13-27(23,24)3/h4,9,16-17,19-24,33H,5-8,10-15H2,1-3H3/t17-,19-,20+,21-,22-,23-,24+,26-,27-/m1/s1. The first-order chi connectivity index (χ1) is 15.5. The molecule has 33 heavy (non-hydrogen) atoms. The van der Waals surface area contributed by atoms with Gasteiger partial charge in [-0.05, 0) is 130 Å². The zero-order chi connectivity index (χ0) is 23.6. The van der Waals surface area contributed by atoms with E-state index in [4.69, 9.17) is 0 Å². The molecule has 0 unspecified atom stereocenters. The van der Waals surface area contributed by atoms with Gasteiger partial charge in [0, 0.05) is 6.20 Å². The fraction of sp³-hybridized carbons (Fsp3) is 0.821. The molecular weight excluding hydrogens is 423 g/mol. The summed E-state index contributed by atoms with van der Waals surface area (Å²) in [5.41, 5.74) is 0.0152. The topological polar surface area (TPSA) is 33.1 Å². The maximum atomic E-state index is 12.9. The van der Waals surface area contributed by atoms with Gasteiger partial charge in [-0.3, -0.25) is 4.98 Å². The molecule has 0 aliphatic heterocycles. The lowest BCUT2D eigenvalue weighted by Crippen LogP contribution is -2.50. The summed E-state index contributed by atoms with van der Waals surface area (Å²) < 4.78 is 38.6. The Hall–Kier alpha value is -1.10. The second-order valence-corrected chi connectivity index (χ2v) is 12.6. The average molecular weight is 464 g/mol. The zero-order valence-corrected chi connectivity index (χ0v) is 20.4. The van der Waals surface area contributed by atoms with Crippen LogP contribution in [0.25, 0.3) is 0 Å². The van der Waals surface area contributed by atoms with Crippen LogP contribution in [-0.2, 0) is 12.6 Å². The predicted octanol–water partition coefficient (Wildman–Crippen LogP) is 7.30. The van der Waals surface area contributed by atoms with Gasteiger partial charge in [0.25, 0.3) is 0 Å². The van der Waals surface area contributed by atoms with E-state index in [1.165, 1.54) is 51.1 Å². The van der Waals surface area contributed by atoms with E-state index in [0.717, 1.165) is 54.6 Å². The van der Waals surface area contributed by atoms with Gasteiger partial charge in [0.05, 0.1) is 5.60 Å². The quantitative estimate of drug-likeness (QED) is 0.510. The largest absolute Gasteiger partial charge is 0.433 e. The van der Waals surface area contributed by atoms with Gasteiger partial charge in [0.1, 0.15) is 5.69 Å².